The minimum atomic E-state index is -0.229. The molecule has 0 unspecified atom stereocenters. The Morgan fingerprint density at radius 1 is 1.40 bits per heavy atom. The van der Waals surface area contributed by atoms with Gasteiger partial charge in [-0.05, 0) is 24.6 Å². The molecule has 1 aromatic heterocycles. The van der Waals surface area contributed by atoms with Crippen molar-refractivity contribution >= 4 is 27.3 Å². The lowest BCUT2D eigenvalue weighted by atomic mass is 10.2. The first-order valence-corrected chi connectivity index (χ1v) is 8.29. The second-order valence-corrected chi connectivity index (χ2v) is 6.90. The van der Waals surface area contributed by atoms with Gasteiger partial charge in [0.25, 0.3) is 0 Å². The molecule has 1 aromatic carbocycles. The van der Waals surface area contributed by atoms with Crippen LogP contribution in [-0.4, -0.2) is 11.0 Å². The highest BCUT2D eigenvalue weighted by Gasteiger charge is 2.14. The van der Waals surface area contributed by atoms with Crippen LogP contribution in [0.5, 0.6) is 0 Å². The van der Waals surface area contributed by atoms with E-state index >= 15 is 0 Å². The molecule has 2 aromatic rings. The summed E-state index contributed by atoms with van der Waals surface area (Å²) in [5, 5.41) is 4.15. The van der Waals surface area contributed by atoms with Crippen molar-refractivity contribution in [1.29, 1.82) is 0 Å². The van der Waals surface area contributed by atoms with E-state index in [2.05, 4.69) is 47.0 Å². The summed E-state index contributed by atoms with van der Waals surface area (Å²) in [6, 6.07) is 5.38. The van der Waals surface area contributed by atoms with E-state index in [9.17, 15) is 4.39 Å². The van der Waals surface area contributed by atoms with Crippen LogP contribution in [0, 0.1) is 5.82 Å². The fraction of sp³-hybridized carbons (Fsp3) is 0.400. The summed E-state index contributed by atoms with van der Waals surface area (Å²) in [7, 11) is 0. The molecule has 20 heavy (non-hydrogen) atoms. The van der Waals surface area contributed by atoms with Gasteiger partial charge in [0, 0.05) is 27.5 Å². The van der Waals surface area contributed by atoms with Crippen molar-refractivity contribution < 1.29 is 4.39 Å². The molecule has 0 fully saturated rings. The number of hydrogen-bond acceptors (Lipinski definition) is 3. The monoisotopic (exact) mass is 356 g/mol. The zero-order chi connectivity index (χ0) is 14.7. The number of thiazole rings is 1. The fourth-order valence-electron chi connectivity index (χ4n) is 1.87. The molecule has 0 aliphatic heterocycles. The van der Waals surface area contributed by atoms with Crippen molar-refractivity contribution in [2.75, 3.05) is 0 Å². The van der Waals surface area contributed by atoms with Crippen LogP contribution in [0.4, 0.5) is 4.39 Å². The maximum absolute atomic E-state index is 13.9. The Labute approximate surface area is 131 Å². The Morgan fingerprint density at radius 2 is 2.15 bits per heavy atom. The highest BCUT2D eigenvalue weighted by molar-refractivity contribution is 9.10. The second-order valence-electron chi connectivity index (χ2n) is 4.90. The van der Waals surface area contributed by atoms with Gasteiger partial charge in [-0.3, -0.25) is 0 Å². The van der Waals surface area contributed by atoms with Gasteiger partial charge in [-0.15, -0.1) is 11.3 Å². The third-order valence-electron chi connectivity index (χ3n) is 2.94. The molecule has 0 amide bonds. The van der Waals surface area contributed by atoms with Gasteiger partial charge in [0.1, 0.15) is 10.8 Å². The van der Waals surface area contributed by atoms with Gasteiger partial charge in [0.05, 0.1) is 5.69 Å². The highest BCUT2D eigenvalue weighted by Crippen LogP contribution is 2.32. The van der Waals surface area contributed by atoms with Crippen molar-refractivity contribution in [3.05, 3.63) is 39.1 Å². The Hall–Kier alpha value is -0.780. The number of aryl methyl sites for hydroxylation is 1. The van der Waals surface area contributed by atoms with Gasteiger partial charge in [-0.1, -0.05) is 36.7 Å². The van der Waals surface area contributed by atoms with Crippen LogP contribution >= 0.6 is 27.3 Å². The van der Waals surface area contributed by atoms with Crippen LogP contribution in [0.15, 0.2) is 22.7 Å². The lowest BCUT2D eigenvalue weighted by Gasteiger charge is -2.06. The summed E-state index contributed by atoms with van der Waals surface area (Å²) in [5.41, 5.74) is 1.62. The molecule has 0 aliphatic carbocycles. The molecule has 2 nitrogen and oxygen atoms in total. The zero-order valence-electron chi connectivity index (χ0n) is 11.8. The molecule has 108 valence electrons. The summed E-state index contributed by atoms with van der Waals surface area (Å²) >= 11 is 4.95. The van der Waals surface area contributed by atoms with Crippen LogP contribution in [0.2, 0.25) is 0 Å². The molecule has 0 radical (unpaired) electrons. The van der Waals surface area contributed by atoms with Crippen LogP contribution in [0.1, 0.15) is 31.3 Å². The number of aromatic nitrogens is 1. The van der Waals surface area contributed by atoms with Crippen LogP contribution in [0.25, 0.3) is 10.6 Å². The first kappa shape index (κ1) is 15.6. The summed E-state index contributed by atoms with van der Waals surface area (Å²) in [5.74, 6) is -0.229. The summed E-state index contributed by atoms with van der Waals surface area (Å²) < 4.78 is 14.8. The first-order valence-electron chi connectivity index (χ1n) is 6.68. The zero-order valence-corrected chi connectivity index (χ0v) is 14.2. The first-order chi connectivity index (χ1) is 9.51. The van der Waals surface area contributed by atoms with Crippen molar-refractivity contribution in [2.45, 2.75) is 39.8 Å². The lowest BCUT2D eigenvalue weighted by molar-refractivity contribution is 0.590. The van der Waals surface area contributed by atoms with E-state index in [1.807, 2.05) is 0 Å². The second kappa shape index (κ2) is 6.78. The number of benzene rings is 1. The Bertz CT molecular complexity index is 596. The molecule has 2 rings (SSSR count). The molecule has 0 saturated carbocycles. The van der Waals surface area contributed by atoms with Gasteiger partial charge >= 0.3 is 0 Å². The highest BCUT2D eigenvalue weighted by atomic mass is 79.9. The van der Waals surface area contributed by atoms with Crippen LogP contribution in [0.3, 0.4) is 0 Å². The quantitative estimate of drug-likeness (QED) is 0.834. The van der Waals surface area contributed by atoms with Gasteiger partial charge in [0.15, 0.2) is 0 Å². The molecule has 1 N–H and O–H groups in total. The maximum Gasteiger partial charge on any atom is 0.133 e. The number of hydrogen-bond donors (Lipinski definition) is 1. The molecular formula is C15H18BrFN2S. The molecule has 1 heterocycles. The van der Waals surface area contributed by atoms with E-state index in [0.29, 0.717) is 11.6 Å². The number of rotatable bonds is 5. The van der Waals surface area contributed by atoms with Gasteiger partial charge in [-0.25, -0.2) is 9.37 Å². The van der Waals surface area contributed by atoms with Crippen molar-refractivity contribution in [1.82, 2.24) is 10.3 Å². The Morgan fingerprint density at radius 3 is 2.80 bits per heavy atom. The number of nitrogens with one attached hydrogen (secondary N) is 1. The van der Waals surface area contributed by atoms with Crippen LogP contribution in [-0.2, 0) is 13.0 Å². The number of halogens is 2. The van der Waals surface area contributed by atoms with E-state index < -0.39 is 0 Å². The predicted octanol–water partition coefficient (Wildman–Crippen LogP) is 4.77. The molecule has 0 spiro atoms. The summed E-state index contributed by atoms with van der Waals surface area (Å²) in [6.45, 7) is 7.09. The molecule has 0 aliphatic rings. The topological polar surface area (TPSA) is 24.9 Å². The van der Waals surface area contributed by atoms with E-state index in [-0.39, 0.29) is 5.82 Å². The fourth-order valence-corrected chi connectivity index (χ4v) is 3.35. The van der Waals surface area contributed by atoms with E-state index in [0.717, 1.165) is 28.1 Å². The van der Waals surface area contributed by atoms with Gasteiger partial charge < -0.3 is 5.32 Å². The van der Waals surface area contributed by atoms with E-state index in [1.165, 1.54) is 10.9 Å². The predicted molar refractivity (Wildman–Crippen MR) is 86.6 cm³/mol. The minimum absolute atomic E-state index is 0.229. The lowest BCUT2D eigenvalue weighted by Crippen LogP contribution is -2.21. The normalized spacial score (nSPS) is 11.3. The van der Waals surface area contributed by atoms with Crippen molar-refractivity contribution in [3.63, 3.8) is 0 Å². The SMILES string of the molecule is CCc1nc(-c2cc(Br)ccc2F)sc1CNC(C)C. The minimum Gasteiger partial charge on any atom is -0.310 e. The third-order valence-corrected chi connectivity index (χ3v) is 4.57. The summed E-state index contributed by atoms with van der Waals surface area (Å²) in [4.78, 5) is 5.79. The maximum atomic E-state index is 13.9. The molecule has 0 bridgehead atoms. The van der Waals surface area contributed by atoms with Gasteiger partial charge in [-0.2, -0.15) is 0 Å². The molecular weight excluding hydrogens is 339 g/mol. The van der Waals surface area contributed by atoms with Crippen LogP contribution < -0.4 is 5.32 Å². The average Bonchev–Trinajstić information content (AvgIpc) is 2.82. The number of nitrogens with zero attached hydrogens (tertiary/aromatic N) is 1. The molecule has 5 heteroatoms. The van der Waals surface area contributed by atoms with E-state index in [1.54, 1.807) is 23.5 Å². The molecule has 0 saturated heterocycles. The smallest absolute Gasteiger partial charge is 0.133 e. The van der Waals surface area contributed by atoms with Gasteiger partial charge in [0.2, 0.25) is 0 Å². The largest absolute Gasteiger partial charge is 0.310 e. The standard InChI is InChI=1S/C15H18BrFN2S/c1-4-13-14(8-18-9(2)3)20-15(19-13)11-7-10(16)5-6-12(11)17/h5-7,9,18H,4,8H2,1-3H3. The van der Waals surface area contributed by atoms with E-state index in [4.69, 9.17) is 0 Å². The third kappa shape index (κ3) is 3.65. The Kier molecular flexibility index (Phi) is 5.29. The van der Waals surface area contributed by atoms with Crippen molar-refractivity contribution in [3.8, 4) is 10.6 Å². The summed E-state index contributed by atoms with van der Waals surface area (Å²) in [6.07, 6.45) is 0.862. The van der Waals surface area contributed by atoms with Crippen molar-refractivity contribution in [2.24, 2.45) is 0 Å². The molecule has 0 atom stereocenters. The average molecular weight is 357 g/mol. The Balaban J connectivity index is 2.35.